The first-order chi connectivity index (χ1) is 6.33. The third-order valence-electron chi connectivity index (χ3n) is 3.26. The van der Waals surface area contributed by atoms with Gasteiger partial charge in [0.05, 0.1) is 0 Å². The lowest BCUT2D eigenvalue weighted by molar-refractivity contribution is 0.286. The van der Waals surface area contributed by atoms with Gasteiger partial charge in [-0.3, -0.25) is 0 Å². The Labute approximate surface area is 82.3 Å². The molecule has 1 aliphatic heterocycles. The first-order valence-corrected chi connectivity index (χ1v) is 5.51. The predicted octanol–water partition coefficient (Wildman–Crippen LogP) is 2.71. The van der Waals surface area contributed by atoms with Crippen LogP contribution >= 0.6 is 0 Å². The molecule has 0 saturated carbocycles. The van der Waals surface area contributed by atoms with Gasteiger partial charge in [-0.05, 0) is 32.2 Å². The van der Waals surface area contributed by atoms with Crippen molar-refractivity contribution < 1.29 is 0 Å². The summed E-state index contributed by atoms with van der Waals surface area (Å²) in [5.74, 6) is 2.75. The minimum atomic E-state index is 0.364. The molecular formula is C12H21N. The lowest BCUT2D eigenvalue weighted by atomic mass is 9.86. The second-order valence-electron chi connectivity index (χ2n) is 4.08. The van der Waals surface area contributed by atoms with Gasteiger partial charge in [0.15, 0.2) is 0 Å². The smallest absolute Gasteiger partial charge is 0.0188 e. The zero-order valence-electron chi connectivity index (χ0n) is 8.73. The second kappa shape index (κ2) is 5.29. The van der Waals surface area contributed by atoms with E-state index in [0.29, 0.717) is 5.54 Å². The van der Waals surface area contributed by atoms with E-state index in [2.05, 4.69) is 18.2 Å². The van der Waals surface area contributed by atoms with E-state index in [-0.39, 0.29) is 0 Å². The average molecular weight is 179 g/mol. The molecule has 1 saturated heterocycles. The molecule has 0 aromatic carbocycles. The van der Waals surface area contributed by atoms with Crippen molar-refractivity contribution in [2.45, 2.75) is 57.4 Å². The van der Waals surface area contributed by atoms with Gasteiger partial charge in [-0.2, -0.15) is 0 Å². The van der Waals surface area contributed by atoms with Crippen LogP contribution in [0.3, 0.4) is 0 Å². The molecule has 0 aromatic heterocycles. The van der Waals surface area contributed by atoms with Crippen LogP contribution in [0.25, 0.3) is 0 Å². The molecule has 1 N–H and O–H groups in total. The van der Waals surface area contributed by atoms with Crippen LogP contribution in [0.1, 0.15) is 51.9 Å². The van der Waals surface area contributed by atoms with E-state index < -0.39 is 0 Å². The van der Waals surface area contributed by atoms with E-state index in [1.165, 1.54) is 38.6 Å². The first-order valence-electron chi connectivity index (χ1n) is 5.51. The van der Waals surface area contributed by atoms with Crippen LogP contribution in [0.4, 0.5) is 0 Å². The third kappa shape index (κ3) is 3.04. The highest BCUT2D eigenvalue weighted by Gasteiger charge is 2.27. The van der Waals surface area contributed by atoms with Crippen LogP contribution in [0.2, 0.25) is 0 Å². The molecule has 0 bridgehead atoms. The highest BCUT2D eigenvalue weighted by atomic mass is 15.0. The molecular weight excluding hydrogens is 158 g/mol. The fraction of sp³-hybridized carbons (Fsp3) is 0.833. The van der Waals surface area contributed by atoms with Gasteiger partial charge in [0.2, 0.25) is 0 Å². The molecule has 1 nitrogen and oxygen atoms in total. The molecule has 1 aliphatic rings. The van der Waals surface area contributed by atoms with Gasteiger partial charge in [0, 0.05) is 12.0 Å². The van der Waals surface area contributed by atoms with Gasteiger partial charge >= 0.3 is 0 Å². The number of hydrogen-bond acceptors (Lipinski definition) is 1. The predicted molar refractivity (Wildman–Crippen MR) is 57.6 cm³/mol. The normalized spacial score (nSPS) is 29.2. The number of rotatable bonds is 3. The Morgan fingerprint density at radius 2 is 2.23 bits per heavy atom. The third-order valence-corrected chi connectivity index (χ3v) is 3.26. The Hall–Kier alpha value is -0.480. The minimum absolute atomic E-state index is 0.364. The Bertz CT molecular complexity index is 170. The largest absolute Gasteiger partial charge is 0.311 e. The van der Waals surface area contributed by atoms with Crippen molar-refractivity contribution in [1.29, 1.82) is 0 Å². The maximum atomic E-state index is 5.32. The van der Waals surface area contributed by atoms with Crippen molar-refractivity contribution in [3.63, 3.8) is 0 Å². The van der Waals surface area contributed by atoms with Gasteiger partial charge in [-0.15, -0.1) is 12.3 Å². The minimum Gasteiger partial charge on any atom is -0.311 e. The van der Waals surface area contributed by atoms with Gasteiger partial charge in [-0.1, -0.05) is 19.8 Å². The topological polar surface area (TPSA) is 12.0 Å². The van der Waals surface area contributed by atoms with Gasteiger partial charge in [0.1, 0.15) is 0 Å². The highest BCUT2D eigenvalue weighted by molar-refractivity contribution is 4.94. The van der Waals surface area contributed by atoms with Crippen molar-refractivity contribution in [1.82, 2.24) is 5.32 Å². The van der Waals surface area contributed by atoms with Crippen LogP contribution in [-0.4, -0.2) is 12.1 Å². The summed E-state index contributed by atoms with van der Waals surface area (Å²) in [6.07, 6.45) is 14.0. The van der Waals surface area contributed by atoms with Crippen LogP contribution in [-0.2, 0) is 0 Å². The molecule has 0 radical (unpaired) electrons. The zero-order chi connectivity index (χ0) is 9.57. The molecule has 1 fully saturated rings. The van der Waals surface area contributed by atoms with Gasteiger partial charge < -0.3 is 5.32 Å². The van der Waals surface area contributed by atoms with E-state index in [9.17, 15) is 0 Å². The maximum absolute atomic E-state index is 5.32. The number of terminal acetylenes is 1. The van der Waals surface area contributed by atoms with Crippen molar-refractivity contribution in [2.24, 2.45) is 0 Å². The molecule has 0 aliphatic carbocycles. The Morgan fingerprint density at radius 3 is 2.92 bits per heavy atom. The summed E-state index contributed by atoms with van der Waals surface area (Å²) in [4.78, 5) is 0. The zero-order valence-corrected chi connectivity index (χ0v) is 8.73. The van der Waals surface area contributed by atoms with Crippen LogP contribution in [0.5, 0.6) is 0 Å². The molecule has 1 atom stereocenters. The second-order valence-corrected chi connectivity index (χ2v) is 4.08. The summed E-state index contributed by atoms with van der Waals surface area (Å²) in [6, 6.07) is 0. The number of nitrogens with one attached hydrogen (secondary N) is 1. The maximum Gasteiger partial charge on any atom is 0.0188 e. The first kappa shape index (κ1) is 10.6. The summed E-state index contributed by atoms with van der Waals surface area (Å²) in [5, 5.41) is 3.68. The molecule has 1 unspecified atom stereocenters. The average Bonchev–Trinajstić information content (AvgIpc) is 2.41. The SMILES string of the molecule is C#CCCC1(CC)CCCCCN1. The van der Waals surface area contributed by atoms with Crippen molar-refractivity contribution in [3.8, 4) is 12.3 Å². The van der Waals surface area contributed by atoms with Crippen LogP contribution < -0.4 is 5.32 Å². The molecule has 0 aromatic rings. The van der Waals surface area contributed by atoms with Crippen molar-refractivity contribution in [2.75, 3.05) is 6.54 Å². The van der Waals surface area contributed by atoms with E-state index in [0.717, 1.165) is 12.8 Å². The Kier molecular flexibility index (Phi) is 4.32. The van der Waals surface area contributed by atoms with Crippen molar-refractivity contribution in [3.05, 3.63) is 0 Å². The van der Waals surface area contributed by atoms with Crippen molar-refractivity contribution >= 4 is 0 Å². The van der Waals surface area contributed by atoms with E-state index in [1.807, 2.05) is 0 Å². The summed E-state index contributed by atoms with van der Waals surface area (Å²) >= 11 is 0. The summed E-state index contributed by atoms with van der Waals surface area (Å²) in [5.41, 5.74) is 0.364. The molecule has 74 valence electrons. The fourth-order valence-corrected chi connectivity index (χ4v) is 2.21. The highest BCUT2D eigenvalue weighted by Crippen LogP contribution is 2.26. The molecule has 0 spiro atoms. The summed E-state index contributed by atoms with van der Waals surface area (Å²) < 4.78 is 0. The van der Waals surface area contributed by atoms with E-state index in [1.54, 1.807) is 0 Å². The number of hydrogen-bond donors (Lipinski definition) is 1. The molecule has 13 heavy (non-hydrogen) atoms. The van der Waals surface area contributed by atoms with Crippen LogP contribution in [0.15, 0.2) is 0 Å². The lowest BCUT2D eigenvalue weighted by Gasteiger charge is -2.32. The fourth-order valence-electron chi connectivity index (χ4n) is 2.21. The van der Waals surface area contributed by atoms with E-state index in [4.69, 9.17) is 6.42 Å². The van der Waals surface area contributed by atoms with Gasteiger partial charge in [0.25, 0.3) is 0 Å². The lowest BCUT2D eigenvalue weighted by Crippen LogP contribution is -2.43. The molecule has 1 heteroatoms. The quantitative estimate of drug-likeness (QED) is 0.657. The Balaban J connectivity index is 2.49. The van der Waals surface area contributed by atoms with E-state index >= 15 is 0 Å². The molecule has 1 rings (SSSR count). The Morgan fingerprint density at radius 1 is 1.38 bits per heavy atom. The van der Waals surface area contributed by atoms with Gasteiger partial charge in [-0.25, -0.2) is 0 Å². The summed E-state index contributed by atoms with van der Waals surface area (Å²) in [6.45, 7) is 3.45. The summed E-state index contributed by atoms with van der Waals surface area (Å²) in [7, 11) is 0. The monoisotopic (exact) mass is 179 g/mol. The standard InChI is InChI=1S/C12H21N/c1-3-5-9-12(4-2)10-7-6-8-11-13-12/h1,13H,4-11H2,2H3. The molecule has 0 amide bonds. The molecule has 1 heterocycles. The van der Waals surface area contributed by atoms with Crippen LogP contribution in [0, 0.1) is 12.3 Å².